The van der Waals surface area contributed by atoms with E-state index in [1.807, 2.05) is 0 Å². The van der Waals surface area contributed by atoms with E-state index in [0.29, 0.717) is 22.2 Å². The van der Waals surface area contributed by atoms with Crippen molar-refractivity contribution >= 4 is 40.0 Å². The molecule has 11 heteroatoms. The third-order valence-corrected chi connectivity index (χ3v) is 5.94. The van der Waals surface area contributed by atoms with Crippen molar-refractivity contribution in [2.75, 3.05) is 12.4 Å². The summed E-state index contributed by atoms with van der Waals surface area (Å²) < 4.78 is 12.4. The molecule has 0 saturated carbocycles. The predicted molar refractivity (Wildman–Crippen MR) is 134 cm³/mol. The Bertz CT molecular complexity index is 1560. The first-order valence-electron chi connectivity index (χ1n) is 10.9. The van der Waals surface area contributed by atoms with Crippen LogP contribution < -0.4 is 26.6 Å². The third kappa shape index (κ3) is 5.18. The number of para-hydroxylation sites is 1. The van der Waals surface area contributed by atoms with E-state index in [0.717, 1.165) is 14.7 Å². The maximum Gasteiger partial charge on any atom is 0.332 e. The third-order valence-electron chi connectivity index (χ3n) is 5.53. The Morgan fingerprint density at radius 1 is 1.03 bits per heavy atom. The first-order valence-corrected chi connectivity index (χ1v) is 11.3. The van der Waals surface area contributed by atoms with Crippen molar-refractivity contribution in [1.29, 1.82) is 0 Å². The number of anilines is 1. The molecule has 4 rings (SSSR count). The van der Waals surface area contributed by atoms with Gasteiger partial charge in [0.25, 0.3) is 5.56 Å². The predicted octanol–water partition coefficient (Wildman–Crippen LogP) is 2.68. The highest BCUT2D eigenvalue weighted by atomic mass is 35.5. The van der Waals surface area contributed by atoms with Crippen LogP contribution in [0, 0.1) is 6.92 Å². The molecule has 0 fully saturated rings. The number of aromatic nitrogens is 2. The summed E-state index contributed by atoms with van der Waals surface area (Å²) in [6, 6.07) is 13.0. The van der Waals surface area contributed by atoms with E-state index in [1.54, 1.807) is 49.4 Å². The number of methoxy groups -OCH3 is 1. The molecule has 2 heterocycles. The fourth-order valence-corrected chi connectivity index (χ4v) is 3.88. The van der Waals surface area contributed by atoms with Crippen LogP contribution in [0.25, 0.3) is 10.9 Å². The molecule has 36 heavy (non-hydrogen) atoms. The maximum atomic E-state index is 13.3. The molecule has 0 bridgehead atoms. The van der Waals surface area contributed by atoms with Gasteiger partial charge in [-0.15, -0.1) is 0 Å². The van der Waals surface area contributed by atoms with E-state index in [9.17, 15) is 19.2 Å². The fraction of sp³-hybridized carbons (Fsp3) is 0.200. The molecule has 0 atom stereocenters. The van der Waals surface area contributed by atoms with Crippen molar-refractivity contribution in [2.24, 2.45) is 0 Å². The number of ether oxygens (including phenoxy) is 1. The Morgan fingerprint density at radius 3 is 2.50 bits per heavy atom. The van der Waals surface area contributed by atoms with Crippen LogP contribution in [0.4, 0.5) is 5.69 Å². The zero-order valence-electron chi connectivity index (χ0n) is 19.5. The number of nitrogens with one attached hydrogen (secondary N) is 2. The largest absolute Gasteiger partial charge is 0.495 e. The second-order valence-electron chi connectivity index (χ2n) is 7.98. The highest BCUT2D eigenvalue weighted by Crippen LogP contribution is 2.30. The van der Waals surface area contributed by atoms with Gasteiger partial charge in [0.1, 0.15) is 24.6 Å². The summed E-state index contributed by atoms with van der Waals surface area (Å²) in [7, 11) is 1.45. The zero-order valence-corrected chi connectivity index (χ0v) is 20.3. The standard InChI is InChI=1S/C25H23ClN4O6/c1-15-10-19(21(35-2)11-18(15)26)28-23(32)14-29-20-8-4-3-7-17(20)24(33)30(25(29)34)13-22(31)27-12-16-6-5-9-36-16/h3-11H,12-14H2,1-2H3,(H,27,31)(H,28,32). The van der Waals surface area contributed by atoms with Gasteiger partial charge in [0.05, 0.1) is 36.5 Å². The Morgan fingerprint density at radius 2 is 1.78 bits per heavy atom. The molecule has 2 aromatic heterocycles. The van der Waals surface area contributed by atoms with E-state index in [1.165, 1.54) is 19.4 Å². The van der Waals surface area contributed by atoms with E-state index in [-0.39, 0.29) is 17.4 Å². The lowest BCUT2D eigenvalue weighted by atomic mass is 10.2. The van der Waals surface area contributed by atoms with Crippen molar-refractivity contribution < 1.29 is 18.7 Å². The fourth-order valence-electron chi connectivity index (χ4n) is 3.72. The highest BCUT2D eigenvalue weighted by molar-refractivity contribution is 6.31. The Balaban J connectivity index is 1.64. The quantitative estimate of drug-likeness (QED) is 0.375. The minimum Gasteiger partial charge on any atom is -0.495 e. The lowest BCUT2D eigenvalue weighted by Gasteiger charge is -2.15. The number of carbonyl (C=O) groups excluding carboxylic acids is 2. The van der Waals surface area contributed by atoms with Crippen LogP contribution in [-0.4, -0.2) is 28.1 Å². The molecule has 0 radical (unpaired) electrons. The van der Waals surface area contributed by atoms with Crippen LogP contribution in [0.2, 0.25) is 5.02 Å². The molecule has 0 aliphatic rings. The monoisotopic (exact) mass is 510 g/mol. The van der Waals surface area contributed by atoms with Crippen LogP contribution in [0.5, 0.6) is 5.75 Å². The lowest BCUT2D eigenvalue weighted by Crippen LogP contribution is -2.44. The van der Waals surface area contributed by atoms with E-state index in [4.69, 9.17) is 20.8 Å². The number of rotatable bonds is 8. The van der Waals surface area contributed by atoms with E-state index in [2.05, 4.69) is 10.6 Å². The van der Waals surface area contributed by atoms with Gasteiger partial charge in [-0.2, -0.15) is 0 Å². The second kappa shape index (κ2) is 10.5. The van der Waals surface area contributed by atoms with E-state index < -0.39 is 36.2 Å². The molecule has 10 nitrogen and oxygen atoms in total. The highest BCUT2D eigenvalue weighted by Gasteiger charge is 2.18. The van der Waals surface area contributed by atoms with Gasteiger partial charge < -0.3 is 19.8 Å². The molecule has 0 spiro atoms. The van der Waals surface area contributed by atoms with Crippen molar-refractivity contribution in [3.63, 3.8) is 0 Å². The van der Waals surface area contributed by atoms with Crippen LogP contribution in [0.1, 0.15) is 11.3 Å². The first-order chi connectivity index (χ1) is 17.3. The Labute approximate surface area is 210 Å². The van der Waals surface area contributed by atoms with Gasteiger partial charge in [0.15, 0.2) is 0 Å². The minimum atomic E-state index is -0.791. The Kier molecular flexibility index (Phi) is 7.25. The van der Waals surface area contributed by atoms with Crippen LogP contribution in [0.3, 0.4) is 0 Å². The minimum absolute atomic E-state index is 0.104. The summed E-state index contributed by atoms with van der Waals surface area (Å²) >= 11 is 6.13. The first kappa shape index (κ1) is 24.8. The molecule has 2 amide bonds. The van der Waals surface area contributed by atoms with Crippen molar-refractivity contribution in [2.45, 2.75) is 26.6 Å². The molecule has 2 N–H and O–H groups in total. The number of nitrogens with zero attached hydrogens (tertiary/aromatic N) is 2. The molecule has 0 saturated heterocycles. The van der Waals surface area contributed by atoms with Gasteiger partial charge in [-0.1, -0.05) is 23.7 Å². The summed E-state index contributed by atoms with van der Waals surface area (Å²) in [6.45, 7) is 0.961. The summed E-state index contributed by atoms with van der Waals surface area (Å²) in [5.74, 6) is -0.210. The van der Waals surface area contributed by atoms with Gasteiger partial charge in [-0.05, 0) is 42.8 Å². The second-order valence-corrected chi connectivity index (χ2v) is 8.39. The van der Waals surface area contributed by atoms with Crippen molar-refractivity contribution in [1.82, 2.24) is 14.5 Å². The smallest absolute Gasteiger partial charge is 0.332 e. The van der Waals surface area contributed by atoms with E-state index >= 15 is 0 Å². The van der Waals surface area contributed by atoms with Crippen LogP contribution in [0.15, 0.2) is 68.8 Å². The molecule has 0 aliphatic heterocycles. The summed E-state index contributed by atoms with van der Waals surface area (Å²) in [5, 5.41) is 6.00. The number of benzene rings is 2. The number of aryl methyl sites for hydroxylation is 1. The maximum absolute atomic E-state index is 13.3. The molecular weight excluding hydrogens is 488 g/mol. The van der Waals surface area contributed by atoms with Gasteiger partial charge in [0.2, 0.25) is 11.8 Å². The number of halogens is 1. The SMILES string of the molecule is COc1cc(Cl)c(C)cc1NC(=O)Cn1c(=O)n(CC(=O)NCc2ccco2)c(=O)c2ccccc21. The number of furan rings is 1. The van der Waals surface area contributed by atoms with Gasteiger partial charge in [-0.25, -0.2) is 4.79 Å². The summed E-state index contributed by atoms with van der Waals surface area (Å²) in [6.07, 6.45) is 1.47. The van der Waals surface area contributed by atoms with Gasteiger partial charge >= 0.3 is 5.69 Å². The van der Waals surface area contributed by atoms with Crippen molar-refractivity contribution in [3.05, 3.63) is 92.0 Å². The molecular formula is C25H23ClN4O6. The van der Waals surface area contributed by atoms with Crippen LogP contribution >= 0.6 is 11.6 Å². The van der Waals surface area contributed by atoms with Crippen molar-refractivity contribution in [3.8, 4) is 5.75 Å². The number of hydrogen-bond acceptors (Lipinski definition) is 6. The molecule has 4 aromatic rings. The number of carbonyl (C=O) groups is 2. The van der Waals surface area contributed by atoms with Gasteiger partial charge in [-0.3, -0.25) is 23.5 Å². The molecule has 2 aromatic carbocycles. The average Bonchev–Trinajstić information content (AvgIpc) is 3.39. The number of amides is 2. The normalized spacial score (nSPS) is 10.9. The average molecular weight is 511 g/mol. The summed E-state index contributed by atoms with van der Waals surface area (Å²) in [4.78, 5) is 51.8. The lowest BCUT2D eigenvalue weighted by molar-refractivity contribution is -0.122. The zero-order chi connectivity index (χ0) is 25.8. The summed E-state index contributed by atoms with van der Waals surface area (Å²) in [5.41, 5.74) is -0.0392. The van der Waals surface area contributed by atoms with Crippen LogP contribution in [-0.2, 0) is 29.2 Å². The molecule has 0 aliphatic carbocycles. The van der Waals surface area contributed by atoms with Gasteiger partial charge in [0, 0.05) is 11.1 Å². The number of hydrogen-bond donors (Lipinski definition) is 2. The number of fused-ring (bicyclic) bond motifs is 1. The molecule has 186 valence electrons. The Hall–Kier alpha value is -4.31. The topological polar surface area (TPSA) is 125 Å². The molecule has 0 unspecified atom stereocenters.